The Labute approximate surface area is 151 Å². The standard InChI is InChI=1S/C22H19N3O/c26-22-24-19-14-17(23-16-7-2-1-3-8-16)11-13-21(19)25(22)20-12-10-15-6-4-5-9-18(15)20/h1-9,11,13-14,20,23H,10,12H2,(H,24,26). The van der Waals surface area contributed by atoms with Gasteiger partial charge in [-0.05, 0) is 54.3 Å². The number of rotatable bonds is 3. The highest BCUT2D eigenvalue weighted by Gasteiger charge is 2.26. The number of fused-ring (bicyclic) bond motifs is 2. The number of hydrogen-bond donors (Lipinski definition) is 2. The molecule has 26 heavy (non-hydrogen) atoms. The van der Waals surface area contributed by atoms with Crippen LogP contribution in [0.25, 0.3) is 11.0 Å². The zero-order valence-corrected chi connectivity index (χ0v) is 14.3. The van der Waals surface area contributed by atoms with Crippen LogP contribution in [0.1, 0.15) is 23.6 Å². The van der Waals surface area contributed by atoms with Crippen LogP contribution in [0.2, 0.25) is 0 Å². The third-order valence-corrected chi connectivity index (χ3v) is 5.19. The predicted molar refractivity (Wildman–Crippen MR) is 105 cm³/mol. The van der Waals surface area contributed by atoms with Gasteiger partial charge in [0.05, 0.1) is 17.1 Å². The van der Waals surface area contributed by atoms with Gasteiger partial charge in [0.1, 0.15) is 0 Å². The molecule has 1 aliphatic carbocycles. The second kappa shape index (κ2) is 5.92. The van der Waals surface area contributed by atoms with Crippen molar-refractivity contribution in [3.05, 3.63) is 94.4 Å². The van der Waals surface area contributed by atoms with Gasteiger partial charge in [0.25, 0.3) is 0 Å². The first-order valence-electron chi connectivity index (χ1n) is 8.94. The lowest BCUT2D eigenvalue weighted by Gasteiger charge is -2.14. The molecule has 1 aliphatic rings. The molecule has 1 heterocycles. The summed E-state index contributed by atoms with van der Waals surface area (Å²) in [5.41, 5.74) is 6.37. The Kier molecular flexibility index (Phi) is 3.42. The van der Waals surface area contributed by atoms with E-state index in [1.807, 2.05) is 53.1 Å². The molecule has 1 unspecified atom stereocenters. The van der Waals surface area contributed by atoms with Gasteiger partial charge in [-0.3, -0.25) is 4.57 Å². The summed E-state index contributed by atoms with van der Waals surface area (Å²) < 4.78 is 1.91. The molecule has 0 spiro atoms. The molecule has 1 aromatic heterocycles. The lowest BCUT2D eigenvalue weighted by Crippen LogP contribution is -2.21. The minimum atomic E-state index is -0.0430. The van der Waals surface area contributed by atoms with Gasteiger partial charge in [-0.25, -0.2) is 4.79 Å². The van der Waals surface area contributed by atoms with Gasteiger partial charge in [0.15, 0.2) is 0 Å². The fourth-order valence-electron chi connectivity index (χ4n) is 4.01. The Bertz CT molecular complexity index is 1140. The van der Waals surface area contributed by atoms with E-state index in [1.165, 1.54) is 11.1 Å². The number of imidazole rings is 1. The summed E-state index contributed by atoms with van der Waals surface area (Å²) in [6.07, 6.45) is 1.99. The van der Waals surface area contributed by atoms with Gasteiger partial charge in [-0.15, -0.1) is 0 Å². The second-order valence-corrected chi connectivity index (χ2v) is 6.78. The Morgan fingerprint density at radius 3 is 2.62 bits per heavy atom. The molecule has 2 N–H and O–H groups in total. The van der Waals surface area contributed by atoms with Crippen molar-refractivity contribution >= 4 is 22.4 Å². The van der Waals surface area contributed by atoms with Crippen molar-refractivity contribution in [3.63, 3.8) is 0 Å². The molecule has 0 amide bonds. The first-order chi connectivity index (χ1) is 12.8. The average molecular weight is 341 g/mol. The first kappa shape index (κ1) is 15.0. The van der Waals surface area contributed by atoms with E-state index in [0.717, 1.165) is 35.2 Å². The lowest BCUT2D eigenvalue weighted by atomic mass is 10.1. The molecular formula is C22H19N3O. The summed E-state index contributed by atoms with van der Waals surface area (Å²) in [4.78, 5) is 15.7. The molecule has 3 aromatic carbocycles. The monoisotopic (exact) mass is 341 g/mol. The van der Waals surface area contributed by atoms with E-state index in [9.17, 15) is 4.79 Å². The van der Waals surface area contributed by atoms with Crippen LogP contribution in [-0.2, 0) is 6.42 Å². The van der Waals surface area contributed by atoms with Gasteiger partial charge < -0.3 is 10.3 Å². The highest BCUT2D eigenvalue weighted by molar-refractivity contribution is 5.81. The van der Waals surface area contributed by atoms with E-state index in [-0.39, 0.29) is 11.7 Å². The van der Waals surface area contributed by atoms with Crippen LogP contribution in [0.3, 0.4) is 0 Å². The van der Waals surface area contributed by atoms with Crippen molar-refractivity contribution in [2.45, 2.75) is 18.9 Å². The van der Waals surface area contributed by atoms with Gasteiger partial charge in [-0.2, -0.15) is 0 Å². The van der Waals surface area contributed by atoms with Gasteiger partial charge in [0, 0.05) is 11.4 Å². The zero-order valence-electron chi connectivity index (χ0n) is 14.3. The fraction of sp³-hybridized carbons (Fsp3) is 0.136. The average Bonchev–Trinajstić information content (AvgIpc) is 3.22. The molecule has 0 bridgehead atoms. The zero-order chi connectivity index (χ0) is 17.5. The molecule has 4 nitrogen and oxygen atoms in total. The number of aryl methyl sites for hydroxylation is 1. The molecule has 128 valence electrons. The summed E-state index contributed by atoms with van der Waals surface area (Å²) in [6.45, 7) is 0. The number of H-pyrrole nitrogens is 1. The fourth-order valence-corrected chi connectivity index (χ4v) is 4.01. The van der Waals surface area contributed by atoms with Crippen molar-refractivity contribution in [1.29, 1.82) is 0 Å². The Morgan fingerprint density at radius 1 is 0.923 bits per heavy atom. The van der Waals surface area contributed by atoms with Crippen molar-refractivity contribution in [3.8, 4) is 0 Å². The number of nitrogens with one attached hydrogen (secondary N) is 2. The van der Waals surface area contributed by atoms with Gasteiger partial charge in [-0.1, -0.05) is 42.5 Å². The number of para-hydroxylation sites is 1. The third kappa shape index (κ3) is 2.42. The Hall–Kier alpha value is -3.27. The van der Waals surface area contributed by atoms with Crippen molar-refractivity contribution in [1.82, 2.24) is 9.55 Å². The third-order valence-electron chi connectivity index (χ3n) is 5.19. The van der Waals surface area contributed by atoms with Crippen molar-refractivity contribution in [2.75, 3.05) is 5.32 Å². The summed E-state index contributed by atoms with van der Waals surface area (Å²) in [5, 5.41) is 3.38. The maximum absolute atomic E-state index is 12.7. The van der Waals surface area contributed by atoms with E-state index < -0.39 is 0 Å². The van der Waals surface area contributed by atoms with Crippen LogP contribution in [0.15, 0.2) is 77.6 Å². The first-order valence-corrected chi connectivity index (χ1v) is 8.94. The number of aromatic nitrogens is 2. The Balaban J connectivity index is 1.56. The normalized spacial score (nSPS) is 15.9. The van der Waals surface area contributed by atoms with E-state index >= 15 is 0 Å². The molecule has 1 atom stereocenters. The highest BCUT2D eigenvalue weighted by atomic mass is 16.1. The Morgan fingerprint density at radius 2 is 1.73 bits per heavy atom. The molecule has 0 aliphatic heterocycles. The number of nitrogens with zero attached hydrogens (tertiary/aromatic N) is 1. The van der Waals surface area contributed by atoms with E-state index in [1.54, 1.807) is 0 Å². The summed E-state index contributed by atoms with van der Waals surface area (Å²) in [7, 11) is 0. The topological polar surface area (TPSA) is 49.8 Å². The predicted octanol–water partition coefficient (Wildman–Crippen LogP) is 4.61. The van der Waals surface area contributed by atoms with E-state index in [4.69, 9.17) is 0 Å². The highest BCUT2D eigenvalue weighted by Crippen LogP contribution is 2.35. The van der Waals surface area contributed by atoms with Crippen LogP contribution < -0.4 is 11.0 Å². The van der Waals surface area contributed by atoms with Crippen molar-refractivity contribution in [2.24, 2.45) is 0 Å². The number of benzene rings is 3. The quantitative estimate of drug-likeness (QED) is 0.572. The summed E-state index contributed by atoms with van der Waals surface area (Å²) in [6, 6.07) is 24.6. The van der Waals surface area contributed by atoms with Crippen LogP contribution in [-0.4, -0.2) is 9.55 Å². The molecule has 4 aromatic rings. The second-order valence-electron chi connectivity index (χ2n) is 6.78. The molecule has 0 radical (unpaired) electrons. The maximum Gasteiger partial charge on any atom is 0.327 e. The summed E-state index contributed by atoms with van der Waals surface area (Å²) in [5.74, 6) is 0. The maximum atomic E-state index is 12.7. The van der Waals surface area contributed by atoms with Crippen LogP contribution >= 0.6 is 0 Å². The molecule has 5 rings (SSSR count). The number of anilines is 2. The molecule has 4 heteroatoms. The van der Waals surface area contributed by atoms with Crippen LogP contribution in [0, 0.1) is 0 Å². The minimum absolute atomic E-state index is 0.0430. The molecular weight excluding hydrogens is 322 g/mol. The minimum Gasteiger partial charge on any atom is -0.355 e. The molecule has 0 fully saturated rings. The van der Waals surface area contributed by atoms with E-state index in [2.05, 4.69) is 34.6 Å². The number of hydrogen-bond acceptors (Lipinski definition) is 2. The molecule has 0 saturated heterocycles. The van der Waals surface area contributed by atoms with Crippen molar-refractivity contribution < 1.29 is 0 Å². The number of aromatic amines is 1. The smallest absolute Gasteiger partial charge is 0.327 e. The summed E-state index contributed by atoms with van der Waals surface area (Å²) >= 11 is 0. The lowest BCUT2D eigenvalue weighted by molar-refractivity contribution is 0.578. The van der Waals surface area contributed by atoms with Crippen LogP contribution in [0.5, 0.6) is 0 Å². The van der Waals surface area contributed by atoms with Gasteiger partial charge in [0.2, 0.25) is 0 Å². The molecule has 0 saturated carbocycles. The van der Waals surface area contributed by atoms with Gasteiger partial charge >= 0.3 is 5.69 Å². The SMILES string of the molecule is O=c1[nH]c2cc(Nc3ccccc3)ccc2n1C1CCc2ccccc21. The van der Waals surface area contributed by atoms with Crippen LogP contribution in [0.4, 0.5) is 11.4 Å². The largest absolute Gasteiger partial charge is 0.355 e. The van der Waals surface area contributed by atoms with E-state index in [0.29, 0.717) is 0 Å².